The average molecular weight is 429 g/mol. The van der Waals surface area contributed by atoms with E-state index in [1.807, 2.05) is 36.4 Å². The van der Waals surface area contributed by atoms with Gasteiger partial charge in [-0.1, -0.05) is 78.3 Å². The molecule has 0 aliphatic carbocycles. The Morgan fingerprint density at radius 2 is 1.45 bits per heavy atom. The van der Waals surface area contributed by atoms with Gasteiger partial charge < -0.3 is 10.2 Å². The molecule has 152 valence electrons. The zero-order valence-electron chi connectivity index (χ0n) is 16.6. The normalized spacial score (nSPS) is 11.0. The van der Waals surface area contributed by atoms with Gasteiger partial charge in [-0.05, 0) is 43.4 Å². The van der Waals surface area contributed by atoms with Gasteiger partial charge in [0.25, 0.3) is 5.91 Å². The number of amides is 1. The van der Waals surface area contributed by atoms with Crippen molar-refractivity contribution < 1.29 is 4.79 Å². The Balaban J connectivity index is 0.00000300. The maximum Gasteiger partial charge on any atom is 0.251 e. The van der Waals surface area contributed by atoms with Crippen LogP contribution in [0.15, 0.2) is 84.9 Å². The number of nitrogens with one attached hydrogen (secondary N) is 1. The lowest BCUT2D eigenvalue weighted by Gasteiger charge is -2.37. The summed E-state index contributed by atoms with van der Waals surface area (Å²) in [5.74, 6) is -0.127. The molecule has 0 saturated carbocycles. The van der Waals surface area contributed by atoms with E-state index >= 15 is 0 Å². The fraction of sp³-hybridized carbons (Fsp3) is 0.208. The van der Waals surface area contributed by atoms with Gasteiger partial charge >= 0.3 is 0 Å². The molecule has 5 heteroatoms. The van der Waals surface area contributed by atoms with Gasteiger partial charge in [0.15, 0.2) is 0 Å². The third-order valence-corrected chi connectivity index (χ3v) is 5.11. The van der Waals surface area contributed by atoms with Crippen molar-refractivity contribution in [1.29, 1.82) is 0 Å². The molecule has 0 fully saturated rings. The van der Waals surface area contributed by atoms with E-state index in [1.54, 1.807) is 24.3 Å². The molecule has 0 unspecified atom stereocenters. The average Bonchev–Trinajstić information content (AvgIpc) is 2.72. The minimum absolute atomic E-state index is 0. The predicted octanol–water partition coefficient (Wildman–Crippen LogP) is 5.04. The fourth-order valence-electron chi connectivity index (χ4n) is 3.63. The molecule has 3 nitrogen and oxygen atoms in total. The first-order chi connectivity index (χ1) is 13.5. The summed E-state index contributed by atoms with van der Waals surface area (Å²) < 4.78 is 0. The maximum atomic E-state index is 12.8. The van der Waals surface area contributed by atoms with Crippen LogP contribution in [0, 0.1) is 0 Å². The standard InChI is InChI=1S/C24H25ClN2O.ClH/c1-27(2)18-24(20-11-5-3-6-12-20,21-13-7-4-8-14-21)17-26-23(28)19-10-9-15-22(25)16-19;/h3-16H,17-18H2,1-2H3,(H,26,28);1H. The van der Waals surface area contributed by atoms with Crippen molar-refractivity contribution in [1.82, 2.24) is 10.2 Å². The van der Waals surface area contributed by atoms with E-state index < -0.39 is 0 Å². The molecule has 0 radical (unpaired) electrons. The summed E-state index contributed by atoms with van der Waals surface area (Å²) in [5, 5.41) is 3.70. The summed E-state index contributed by atoms with van der Waals surface area (Å²) >= 11 is 6.05. The molecule has 0 aromatic heterocycles. The van der Waals surface area contributed by atoms with Crippen LogP contribution < -0.4 is 5.32 Å². The second-order valence-corrected chi connectivity index (χ2v) is 7.68. The number of hydrogen-bond acceptors (Lipinski definition) is 2. The SMILES string of the molecule is CN(C)CC(CNC(=O)c1cccc(Cl)c1)(c1ccccc1)c1ccccc1.Cl. The lowest BCUT2D eigenvalue weighted by molar-refractivity contribution is 0.0943. The van der Waals surface area contributed by atoms with E-state index in [4.69, 9.17) is 11.6 Å². The molecule has 1 N–H and O–H groups in total. The van der Waals surface area contributed by atoms with Gasteiger partial charge in [-0.15, -0.1) is 12.4 Å². The van der Waals surface area contributed by atoms with Crippen LogP contribution in [0.1, 0.15) is 21.5 Å². The molecule has 0 heterocycles. The molecule has 0 aliphatic heterocycles. The number of halogens is 2. The largest absolute Gasteiger partial charge is 0.351 e. The summed E-state index contributed by atoms with van der Waals surface area (Å²) in [4.78, 5) is 15.0. The minimum atomic E-state index is -0.375. The quantitative estimate of drug-likeness (QED) is 0.571. The van der Waals surface area contributed by atoms with Crippen LogP contribution in [-0.2, 0) is 5.41 Å². The van der Waals surface area contributed by atoms with Crippen LogP contribution in [0.25, 0.3) is 0 Å². The Labute approximate surface area is 184 Å². The van der Waals surface area contributed by atoms with Crippen molar-refractivity contribution in [3.8, 4) is 0 Å². The molecule has 3 aromatic rings. The summed E-state index contributed by atoms with van der Waals surface area (Å²) in [5.41, 5.74) is 2.52. The van der Waals surface area contributed by atoms with Crippen LogP contribution in [-0.4, -0.2) is 38.0 Å². The first-order valence-electron chi connectivity index (χ1n) is 9.31. The number of benzene rings is 3. The number of likely N-dealkylation sites (N-methyl/N-ethyl adjacent to an activating group) is 1. The highest BCUT2D eigenvalue weighted by Crippen LogP contribution is 2.32. The molecule has 0 aliphatic rings. The predicted molar refractivity (Wildman–Crippen MR) is 123 cm³/mol. The first kappa shape index (κ1) is 23.0. The van der Waals surface area contributed by atoms with Crippen LogP contribution in [0.3, 0.4) is 0 Å². The minimum Gasteiger partial charge on any atom is -0.351 e. The Morgan fingerprint density at radius 1 is 0.897 bits per heavy atom. The number of carbonyl (C=O) groups excluding carboxylic acids is 1. The molecule has 0 atom stereocenters. The van der Waals surface area contributed by atoms with Crippen molar-refractivity contribution in [3.05, 3.63) is 107 Å². The van der Waals surface area contributed by atoms with Gasteiger partial charge in [0.2, 0.25) is 0 Å². The second-order valence-electron chi connectivity index (χ2n) is 7.24. The fourth-order valence-corrected chi connectivity index (χ4v) is 3.82. The van der Waals surface area contributed by atoms with E-state index in [2.05, 4.69) is 48.6 Å². The van der Waals surface area contributed by atoms with Crippen molar-refractivity contribution in [2.24, 2.45) is 0 Å². The van der Waals surface area contributed by atoms with E-state index in [0.29, 0.717) is 17.1 Å². The van der Waals surface area contributed by atoms with Gasteiger partial charge in [-0.2, -0.15) is 0 Å². The van der Waals surface area contributed by atoms with Gasteiger partial charge in [0, 0.05) is 23.7 Å². The number of rotatable bonds is 7. The molecule has 29 heavy (non-hydrogen) atoms. The zero-order valence-corrected chi connectivity index (χ0v) is 18.2. The highest BCUT2D eigenvalue weighted by molar-refractivity contribution is 6.30. The summed E-state index contributed by atoms with van der Waals surface area (Å²) in [7, 11) is 4.11. The number of carbonyl (C=O) groups is 1. The van der Waals surface area contributed by atoms with Crippen LogP contribution in [0.5, 0.6) is 0 Å². The Kier molecular flexibility index (Phi) is 8.27. The summed E-state index contributed by atoms with van der Waals surface area (Å²) in [6.07, 6.45) is 0. The lowest BCUT2D eigenvalue weighted by Crippen LogP contribution is -2.48. The van der Waals surface area contributed by atoms with Crippen LogP contribution in [0.4, 0.5) is 0 Å². The second kappa shape index (κ2) is 10.4. The Bertz CT molecular complexity index is 875. The smallest absolute Gasteiger partial charge is 0.251 e. The molecule has 0 bridgehead atoms. The van der Waals surface area contributed by atoms with E-state index in [9.17, 15) is 4.79 Å². The third-order valence-electron chi connectivity index (χ3n) is 4.88. The zero-order chi connectivity index (χ0) is 20.0. The number of hydrogen-bond donors (Lipinski definition) is 1. The van der Waals surface area contributed by atoms with E-state index in [1.165, 1.54) is 11.1 Å². The first-order valence-corrected chi connectivity index (χ1v) is 9.69. The molecule has 1 amide bonds. The highest BCUT2D eigenvalue weighted by Gasteiger charge is 2.35. The molecule has 0 saturated heterocycles. The number of nitrogens with zero attached hydrogens (tertiary/aromatic N) is 1. The van der Waals surface area contributed by atoms with Crippen molar-refractivity contribution in [3.63, 3.8) is 0 Å². The van der Waals surface area contributed by atoms with Crippen molar-refractivity contribution in [2.45, 2.75) is 5.41 Å². The van der Waals surface area contributed by atoms with Gasteiger partial charge in [-0.3, -0.25) is 4.79 Å². The topological polar surface area (TPSA) is 32.3 Å². The maximum absolute atomic E-state index is 12.8. The van der Waals surface area contributed by atoms with Gasteiger partial charge in [0.1, 0.15) is 0 Å². The van der Waals surface area contributed by atoms with Crippen molar-refractivity contribution in [2.75, 3.05) is 27.2 Å². The van der Waals surface area contributed by atoms with Gasteiger partial charge in [0.05, 0.1) is 5.41 Å². The molecular weight excluding hydrogens is 403 g/mol. The van der Waals surface area contributed by atoms with E-state index in [-0.39, 0.29) is 23.7 Å². The molecule has 3 rings (SSSR count). The monoisotopic (exact) mass is 428 g/mol. The molecule has 0 spiro atoms. The molecule has 3 aromatic carbocycles. The highest BCUT2D eigenvalue weighted by atomic mass is 35.5. The summed E-state index contributed by atoms with van der Waals surface area (Å²) in [6.45, 7) is 1.24. The van der Waals surface area contributed by atoms with Crippen LogP contribution in [0.2, 0.25) is 5.02 Å². The summed E-state index contributed by atoms with van der Waals surface area (Å²) in [6, 6.07) is 27.7. The van der Waals surface area contributed by atoms with Crippen molar-refractivity contribution >= 4 is 29.9 Å². The van der Waals surface area contributed by atoms with Crippen LogP contribution >= 0.6 is 24.0 Å². The third kappa shape index (κ3) is 5.60. The Hall–Kier alpha value is -2.33. The van der Waals surface area contributed by atoms with E-state index in [0.717, 1.165) is 6.54 Å². The van der Waals surface area contributed by atoms with Gasteiger partial charge in [-0.25, -0.2) is 0 Å². The molecular formula is C24H26Cl2N2O. The Morgan fingerprint density at radius 3 is 1.93 bits per heavy atom. The lowest BCUT2D eigenvalue weighted by atomic mass is 9.73.